The number of aromatic nitrogens is 2. The number of alkyl halides is 3. The Labute approximate surface area is 155 Å². The van der Waals surface area contributed by atoms with Crippen molar-refractivity contribution in [1.82, 2.24) is 9.78 Å². The van der Waals surface area contributed by atoms with Crippen LogP contribution in [0.2, 0.25) is 10.0 Å². The molecule has 0 saturated carbocycles. The monoisotopic (exact) mass is 487 g/mol. The van der Waals surface area contributed by atoms with Gasteiger partial charge in [-0.2, -0.15) is 23.5 Å². The normalized spacial score (nSPS) is 12.3. The summed E-state index contributed by atoms with van der Waals surface area (Å²) in [5.74, 6) is 0. The molecule has 0 aliphatic rings. The van der Waals surface area contributed by atoms with Gasteiger partial charge in [0.25, 0.3) is 0 Å². The van der Waals surface area contributed by atoms with Crippen molar-refractivity contribution in [3.05, 3.63) is 50.2 Å². The summed E-state index contributed by atoms with van der Waals surface area (Å²) in [5.41, 5.74) is -0.430. The first-order valence-corrected chi connectivity index (χ1v) is 8.18. The van der Waals surface area contributed by atoms with Crippen LogP contribution in [0.4, 0.5) is 13.2 Å². The van der Waals surface area contributed by atoms with Crippen LogP contribution >= 0.6 is 55.1 Å². The van der Waals surface area contributed by atoms with E-state index in [1.165, 1.54) is 11.2 Å². The SMILES string of the molecule is N#Cc1nn(-c2c(Cl)cc(C(F)(F)F)cc2Cl)cc1/C(Br)=C/Br. The minimum absolute atomic E-state index is 0.0546. The summed E-state index contributed by atoms with van der Waals surface area (Å²) < 4.78 is 40.0. The Balaban J connectivity index is 2.65. The van der Waals surface area contributed by atoms with Crippen molar-refractivity contribution in [2.24, 2.45) is 0 Å². The highest BCUT2D eigenvalue weighted by Crippen LogP contribution is 2.38. The molecule has 0 atom stereocenters. The highest BCUT2D eigenvalue weighted by molar-refractivity contribution is 9.16. The maximum atomic E-state index is 12.8. The second kappa shape index (κ2) is 6.85. The standard InChI is InChI=1S/C13H4Br2Cl2F3N3/c14-3-8(15)7-5-23(22-11(7)4-21)12-9(16)1-6(2-10(12)17)13(18,19)20/h1-3,5H/b8-3-. The molecule has 0 amide bonds. The van der Waals surface area contributed by atoms with Crippen molar-refractivity contribution in [1.29, 1.82) is 5.26 Å². The third-order valence-electron chi connectivity index (χ3n) is 2.75. The summed E-state index contributed by atoms with van der Waals surface area (Å²) in [6.07, 6.45) is -3.14. The van der Waals surface area contributed by atoms with Crippen LogP contribution in [0, 0.1) is 11.3 Å². The molecule has 0 fully saturated rings. The van der Waals surface area contributed by atoms with E-state index in [4.69, 9.17) is 28.5 Å². The first-order chi connectivity index (χ1) is 10.7. The van der Waals surface area contributed by atoms with Gasteiger partial charge in [0.1, 0.15) is 11.8 Å². The van der Waals surface area contributed by atoms with Crippen molar-refractivity contribution in [2.75, 3.05) is 0 Å². The number of hydrogen-bond acceptors (Lipinski definition) is 2. The van der Waals surface area contributed by atoms with Gasteiger partial charge in [-0.25, -0.2) is 4.68 Å². The highest BCUT2D eigenvalue weighted by Gasteiger charge is 2.32. The smallest absolute Gasteiger partial charge is 0.236 e. The minimum atomic E-state index is -4.57. The Morgan fingerprint density at radius 2 is 1.87 bits per heavy atom. The lowest BCUT2D eigenvalue weighted by Gasteiger charge is -2.12. The van der Waals surface area contributed by atoms with Crippen LogP contribution < -0.4 is 0 Å². The molecule has 0 bridgehead atoms. The molecule has 2 rings (SSSR count). The number of benzene rings is 1. The molecule has 0 radical (unpaired) electrons. The van der Waals surface area contributed by atoms with E-state index < -0.39 is 11.7 Å². The minimum Gasteiger partial charge on any atom is -0.236 e. The topological polar surface area (TPSA) is 41.6 Å². The molecule has 3 nitrogen and oxygen atoms in total. The van der Waals surface area contributed by atoms with Crippen molar-refractivity contribution in [3.8, 4) is 11.8 Å². The molecule has 1 aromatic heterocycles. The van der Waals surface area contributed by atoms with Gasteiger partial charge in [-0.3, -0.25) is 0 Å². The summed E-state index contributed by atoms with van der Waals surface area (Å²) in [7, 11) is 0. The molecular formula is C13H4Br2Cl2F3N3. The fourth-order valence-electron chi connectivity index (χ4n) is 1.75. The van der Waals surface area contributed by atoms with Crippen molar-refractivity contribution >= 4 is 59.5 Å². The summed E-state index contributed by atoms with van der Waals surface area (Å²) >= 11 is 18.2. The van der Waals surface area contributed by atoms with E-state index in [1.807, 2.05) is 6.07 Å². The van der Waals surface area contributed by atoms with Crippen LogP contribution in [-0.4, -0.2) is 9.78 Å². The maximum Gasteiger partial charge on any atom is 0.416 e. The van der Waals surface area contributed by atoms with Crippen molar-refractivity contribution < 1.29 is 13.2 Å². The first kappa shape index (κ1) is 18.3. The quantitative estimate of drug-likeness (QED) is 0.507. The van der Waals surface area contributed by atoms with Gasteiger partial charge < -0.3 is 0 Å². The predicted molar refractivity (Wildman–Crippen MR) is 89.1 cm³/mol. The molecular weight excluding hydrogens is 486 g/mol. The molecule has 0 unspecified atom stereocenters. The van der Waals surface area contributed by atoms with Gasteiger partial charge in [-0.15, -0.1) is 0 Å². The molecule has 1 heterocycles. The molecule has 0 aliphatic heterocycles. The van der Waals surface area contributed by atoms with E-state index in [-0.39, 0.29) is 21.4 Å². The lowest BCUT2D eigenvalue weighted by atomic mass is 10.2. The Kier molecular flexibility index (Phi) is 5.46. The molecule has 1 aromatic carbocycles. The largest absolute Gasteiger partial charge is 0.416 e. The van der Waals surface area contributed by atoms with Gasteiger partial charge in [0.15, 0.2) is 5.69 Å². The van der Waals surface area contributed by atoms with Crippen molar-refractivity contribution in [2.45, 2.75) is 6.18 Å². The Bertz CT molecular complexity index is 815. The Morgan fingerprint density at radius 1 is 1.30 bits per heavy atom. The number of nitrogens with zero attached hydrogens (tertiary/aromatic N) is 3. The third-order valence-corrected chi connectivity index (χ3v) is 5.05. The number of nitriles is 1. The molecule has 0 spiro atoms. The number of halogens is 7. The Hall–Kier alpha value is -1.01. The van der Waals surface area contributed by atoms with Crippen molar-refractivity contribution in [3.63, 3.8) is 0 Å². The van der Waals surface area contributed by atoms with Gasteiger partial charge in [-0.1, -0.05) is 39.1 Å². The van der Waals surface area contributed by atoms with Gasteiger partial charge in [0.2, 0.25) is 0 Å². The van der Waals surface area contributed by atoms with Crippen LogP contribution in [-0.2, 0) is 6.18 Å². The van der Waals surface area contributed by atoms with Crippen LogP contribution in [0.3, 0.4) is 0 Å². The van der Waals surface area contributed by atoms with E-state index in [2.05, 4.69) is 37.0 Å². The average Bonchev–Trinajstić information content (AvgIpc) is 2.88. The van der Waals surface area contributed by atoms with Crippen LogP contribution in [0.1, 0.15) is 16.8 Å². The van der Waals surface area contributed by atoms with Gasteiger partial charge in [0, 0.05) is 16.2 Å². The lowest BCUT2D eigenvalue weighted by molar-refractivity contribution is -0.137. The third kappa shape index (κ3) is 3.74. The van der Waals surface area contributed by atoms with E-state index in [9.17, 15) is 13.2 Å². The Morgan fingerprint density at radius 3 is 2.30 bits per heavy atom. The number of hydrogen-bond donors (Lipinski definition) is 0. The second-order valence-corrected chi connectivity index (χ2v) is 6.32. The molecule has 10 heteroatoms. The molecule has 0 aliphatic carbocycles. The lowest BCUT2D eigenvalue weighted by Crippen LogP contribution is -2.07. The summed E-state index contributed by atoms with van der Waals surface area (Å²) in [5, 5.41) is 12.6. The summed E-state index contributed by atoms with van der Waals surface area (Å²) in [4.78, 5) is 1.52. The zero-order valence-corrected chi connectivity index (χ0v) is 15.5. The first-order valence-electron chi connectivity index (χ1n) is 5.71. The van der Waals surface area contributed by atoms with E-state index in [0.717, 1.165) is 16.8 Å². The van der Waals surface area contributed by atoms with E-state index >= 15 is 0 Å². The summed E-state index contributed by atoms with van der Waals surface area (Å²) in [6.45, 7) is 0. The van der Waals surface area contributed by atoms with Gasteiger partial charge in [0.05, 0.1) is 15.6 Å². The zero-order chi connectivity index (χ0) is 17.4. The van der Waals surface area contributed by atoms with Gasteiger partial charge in [-0.05, 0) is 33.0 Å². The fraction of sp³-hybridized carbons (Fsp3) is 0.0769. The van der Waals surface area contributed by atoms with Gasteiger partial charge >= 0.3 is 6.18 Å². The average molecular weight is 490 g/mol. The van der Waals surface area contributed by atoms with Crippen LogP contribution in [0.25, 0.3) is 10.2 Å². The molecule has 2 aromatic rings. The molecule has 23 heavy (non-hydrogen) atoms. The highest BCUT2D eigenvalue weighted by atomic mass is 79.9. The fourth-order valence-corrected chi connectivity index (χ4v) is 2.95. The zero-order valence-electron chi connectivity index (χ0n) is 10.8. The maximum absolute atomic E-state index is 12.8. The summed E-state index contributed by atoms with van der Waals surface area (Å²) in [6, 6.07) is 3.40. The molecule has 0 N–H and O–H groups in total. The number of rotatable bonds is 2. The predicted octanol–water partition coefficient (Wildman–Crippen LogP) is 6.16. The van der Waals surface area contributed by atoms with E-state index in [1.54, 1.807) is 0 Å². The van der Waals surface area contributed by atoms with E-state index in [0.29, 0.717) is 10.0 Å². The second-order valence-electron chi connectivity index (χ2n) is 4.19. The molecule has 0 saturated heterocycles. The van der Waals surface area contributed by atoms with Crippen LogP contribution in [0.5, 0.6) is 0 Å². The van der Waals surface area contributed by atoms with Crippen LogP contribution in [0.15, 0.2) is 23.3 Å². The molecule has 120 valence electrons.